The first-order valence-corrected chi connectivity index (χ1v) is 12.6. The predicted octanol–water partition coefficient (Wildman–Crippen LogP) is 4.36. The van der Waals surface area contributed by atoms with Crippen LogP contribution in [0, 0.1) is 11.7 Å². The molecule has 5 rings (SSSR count). The molecule has 33 heavy (non-hydrogen) atoms. The smallest absolute Gasteiger partial charge is 0.225 e. The van der Waals surface area contributed by atoms with Gasteiger partial charge in [0.15, 0.2) is 17.5 Å². The summed E-state index contributed by atoms with van der Waals surface area (Å²) in [6, 6.07) is 9.50. The maximum Gasteiger partial charge on any atom is 0.225 e. The lowest BCUT2D eigenvalue weighted by molar-refractivity contribution is 0.215. The van der Waals surface area contributed by atoms with Crippen LogP contribution in [0.15, 0.2) is 53.7 Å². The zero-order chi connectivity index (χ0) is 23.0. The van der Waals surface area contributed by atoms with Crippen LogP contribution in [0.2, 0.25) is 5.02 Å². The highest BCUT2D eigenvalue weighted by Gasteiger charge is 2.28. The standard InChI is InChI=1S/C23H21ClFN3O4S/c24-18-11-26-23(27-12-18)28-7-5-15(6-8-28)13-31-20-3-1-16(9-19(20)25)17-2-4-21-22(10-17)33(29,30)14-32-21/h1-4,9-12,15H,5-8,13-14H2. The second-order valence-electron chi connectivity index (χ2n) is 8.13. The summed E-state index contributed by atoms with van der Waals surface area (Å²) in [6.45, 7) is 2.00. The molecular formula is C23H21ClFN3O4S. The minimum Gasteiger partial charge on any atom is -0.490 e. The molecular weight excluding hydrogens is 469 g/mol. The summed E-state index contributed by atoms with van der Waals surface area (Å²) in [5, 5.41) is 0.505. The van der Waals surface area contributed by atoms with Crippen LogP contribution >= 0.6 is 11.6 Å². The maximum absolute atomic E-state index is 14.7. The minimum absolute atomic E-state index is 0.135. The van der Waals surface area contributed by atoms with Gasteiger partial charge in [-0.05, 0) is 54.2 Å². The van der Waals surface area contributed by atoms with E-state index in [1.807, 2.05) is 0 Å². The van der Waals surface area contributed by atoms with Gasteiger partial charge in [0.25, 0.3) is 0 Å². The van der Waals surface area contributed by atoms with Crippen LogP contribution in [0.1, 0.15) is 12.8 Å². The van der Waals surface area contributed by atoms with Crippen LogP contribution in [0.5, 0.6) is 11.5 Å². The molecule has 0 atom stereocenters. The van der Waals surface area contributed by atoms with E-state index in [0.29, 0.717) is 40.4 Å². The molecule has 10 heteroatoms. The summed E-state index contributed by atoms with van der Waals surface area (Å²) < 4.78 is 49.8. The van der Waals surface area contributed by atoms with Crippen molar-refractivity contribution < 1.29 is 22.3 Å². The molecule has 0 amide bonds. The van der Waals surface area contributed by atoms with Crippen molar-refractivity contribution >= 4 is 27.4 Å². The molecule has 3 aromatic rings. The van der Waals surface area contributed by atoms with Crippen molar-refractivity contribution in [3.63, 3.8) is 0 Å². The first-order valence-electron chi connectivity index (χ1n) is 10.5. The van der Waals surface area contributed by atoms with Crippen molar-refractivity contribution in [2.45, 2.75) is 17.7 Å². The van der Waals surface area contributed by atoms with Gasteiger partial charge in [0.2, 0.25) is 15.8 Å². The normalized spacial score (nSPS) is 17.5. The molecule has 0 unspecified atom stereocenters. The van der Waals surface area contributed by atoms with E-state index < -0.39 is 15.7 Å². The maximum atomic E-state index is 14.7. The fourth-order valence-corrected chi connectivity index (χ4v) is 5.27. The molecule has 0 aliphatic carbocycles. The van der Waals surface area contributed by atoms with Gasteiger partial charge < -0.3 is 14.4 Å². The highest BCUT2D eigenvalue weighted by molar-refractivity contribution is 7.91. The Hall–Kier alpha value is -2.91. The van der Waals surface area contributed by atoms with E-state index in [1.54, 1.807) is 36.7 Å². The number of piperidine rings is 1. The fourth-order valence-electron chi connectivity index (χ4n) is 4.03. The van der Waals surface area contributed by atoms with Gasteiger partial charge in [-0.1, -0.05) is 23.7 Å². The number of halogens is 2. The third-order valence-corrected chi connectivity index (χ3v) is 7.50. The average Bonchev–Trinajstić information content (AvgIpc) is 3.13. The summed E-state index contributed by atoms with van der Waals surface area (Å²) in [6.07, 6.45) is 4.94. The molecule has 0 radical (unpaired) electrons. The first-order chi connectivity index (χ1) is 15.9. The zero-order valence-electron chi connectivity index (χ0n) is 17.6. The van der Waals surface area contributed by atoms with E-state index in [0.717, 1.165) is 25.9 Å². The fraction of sp³-hybridized carbons (Fsp3) is 0.304. The SMILES string of the molecule is O=S1(=O)COc2ccc(-c3ccc(OCC4CCN(c5ncc(Cl)cn5)CC4)c(F)c3)cc21. The number of hydrogen-bond donors (Lipinski definition) is 0. The Morgan fingerprint density at radius 3 is 2.52 bits per heavy atom. The molecule has 3 heterocycles. The number of sulfone groups is 1. The van der Waals surface area contributed by atoms with Gasteiger partial charge in [0.1, 0.15) is 10.6 Å². The van der Waals surface area contributed by atoms with Crippen molar-refractivity contribution in [3.8, 4) is 22.6 Å². The molecule has 1 aromatic heterocycles. The highest BCUT2D eigenvalue weighted by atomic mass is 35.5. The number of ether oxygens (including phenoxy) is 2. The van der Waals surface area contributed by atoms with Crippen LogP contribution < -0.4 is 14.4 Å². The Morgan fingerprint density at radius 2 is 1.79 bits per heavy atom. The molecule has 2 aromatic carbocycles. The third kappa shape index (κ3) is 4.60. The van der Waals surface area contributed by atoms with Gasteiger partial charge in [-0.15, -0.1) is 0 Å². The molecule has 0 saturated carbocycles. The largest absolute Gasteiger partial charge is 0.490 e. The Labute approximate surface area is 196 Å². The number of rotatable bonds is 5. The molecule has 1 saturated heterocycles. The van der Waals surface area contributed by atoms with E-state index in [9.17, 15) is 12.8 Å². The van der Waals surface area contributed by atoms with Gasteiger partial charge in [0.05, 0.1) is 24.0 Å². The van der Waals surface area contributed by atoms with Crippen molar-refractivity contribution in [1.29, 1.82) is 0 Å². The molecule has 0 bridgehead atoms. The first kappa shape index (κ1) is 21.9. The van der Waals surface area contributed by atoms with Crippen molar-refractivity contribution in [2.24, 2.45) is 5.92 Å². The number of fused-ring (bicyclic) bond motifs is 1. The second kappa shape index (κ2) is 8.79. The lowest BCUT2D eigenvalue weighted by atomic mass is 9.98. The molecule has 0 N–H and O–H groups in total. The molecule has 1 fully saturated rings. The lowest BCUT2D eigenvalue weighted by Crippen LogP contribution is -2.36. The minimum atomic E-state index is -3.46. The number of anilines is 1. The van der Waals surface area contributed by atoms with E-state index in [-0.39, 0.29) is 16.6 Å². The average molecular weight is 490 g/mol. The van der Waals surface area contributed by atoms with Gasteiger partial charge in [-0.3, -0.25) is 0 Å². The number of hydrogen-bond acceptors (Lipinski definition) is 7. The van der Waals surface area contributed by atoms with Gasteiger partial charge >= 0.3 is 0 Å². The summed E-state index contributed by atoms with van der Waals surface area (Å²) in [5.41, 5.74) is 1.17. The Bertz CT molecular complexity index is 1280. The van der Waals surface area contributed by atoms with E-state index in [4.69, 9.17) is 21.1 Å². The number of aromatic nitrogens is 2. The molecule has 2 aliphatic heterocycles. The Kier molecular flexibility index (Phi) is 5.84. The van der Waals surface area contributed by atoms with E-state index in [2.05, 4.69) is 14.9 Å². The van der Waals surface area contributed by atoms with Crippen LogP contribution in [0.25, 0.3) is 11.1 Å². The summed E-state index contributed by atoms with van der Waals surface area (Å²) in [4.78, 5) is 10.7. The third-order valence-electron chi connectivity index (χ3n) is 5.89. The van der Waals surface area contributed by atoms with Gasteiger partial charge in [-0.2, -0.15) is 0 Å². The second-order valence-corrected chi connectivity index (χ2v) is 10.5. The molecule has 7 nitrogen and oxygen atoms in total. The predicted molar refractivity (Wildman–Crippen MR) is 122 cm³/mol. The van der Waals surface area contributed by atoms with Crippen molar-refractivity contribution in [3.05, 3.63) is 59.6 Å². The monoisotopic (exact) mass is 489 g/mol. The quantitative estimate of drug-likeness (QED) is 0.526. The zero-order valence-corrected chi connectivity index (χ0v) is 19.2. The van der Waals surface area contributed by atoms with E-state index >= 15 is 0 Å². The topological polar surface area (TPSA) is 81.6 Å². The van der Waals surface area contributed by atoms with Crippen LogP contribution in [-0.2, 0) is 9.84 Å². The number of nitrogens with zero attached hydrogens (tertiary/aromatic N) is 3. The molecule has 2 aliphatic rings. The Balaban J connectivity index is 1.20. The molecule has 0 spiro atoms. The summed E-state index contributed by atoms with van der Waals surface area (Å²) in [5.74, 6) is 0.616. The van der Waals surface area contributed by atoms with E-state index in [1.165, 1.54) is 12.1 Å². The molecule has 172 valence electrons. The van der Waals surface area contributed by atoms with Crippen molar-refractivity contribution in [2.75, 3.05) is 30.5 Å². The van der Waals surface area contributed by atoms with Crippen LogP contribution in [-0.4, -0.2) is 44.0 Å². The van der Waals surface area contributed by atoms with Crippen LogP contribution in [0.4, 0.5) is 10.3 Å². The summed E-state index contributed by atoms with van der Waals surface area (Å²) >= 11 is 5.84. The lowest BCUT2D eigenvalue weighted by Gasteiger charge is -2.31. The number of benzene rings is 2. The van der Waals surface area contributed by atoms with Crippen molar-refractivity contribution in [1.82, 2.24) is 9.97 Å². The van der Waals surface area contributed by atoms with Crippen LogP contribution in [0.3, 0.4) is 0 Å². The Morgan fingerprint density at radius 1 is 1.09 bits per heavy atom. The highest BCUT2D eigenvalue weighted by Crippen LogP contribution is 2.36. The van der Waals surface area contributed by atoms with Gasteiger partial charge in [0, 0.05) is 13.1 Å². The van der Waals surface area contributed by atoms with Gasteiger partial charge in [-0.25, -0.2) is 22.8 Å². The summed E-state index contributed by atoms with van der Waals surface area (Å²) in [7, 11) is -3.46.